The van der Waals surface area contributed by atoms with Gasteiger partial charge in [-0.15, -0.1) is 0 Å². The molecule has 0 spiro atoms. The van der Waals surface area contributed by atoms with Crippen molar-refractivity contribution in [3.8, 4) is 0 Å². The standard InChI is InChI=1S/C27H51N7O5S/c1-28-26(21-33(35)36)29-16-12-10-8-6-4-5-7-9-11-13-17-30-27(22-34(37)38)31-18-19-40-23-25-15-14-24(39-25)20-32(2)3/h14-15,27,30-31H,4-13,16-23H2,1-3H3,(H,28,29). The van der Waals surface area contributed by atoms with Crippen LogP contribution in [-0.4, -0.2) is 86.4 Å². The normalized spacial score (nSPS) is 12.7. The summed E-state index contributed by atoms with van der Waals surface area (Å²) in [6, 6.07) is 4.03. The van der Waals surface area contributed by atoms with Gasteiger partial charge in [0, 0.05) is 35.7 Å². The topological polar surface area (TPSA) is 151 Å². The Bertz CT molecular complexity index is 838. The minimum Gasteiger partial charge on any atom is -0.464 e. The first-order valence-corrected chi connectivity index (χ1v) is 15.7. The van der Waals surface area contributed by atoms with Crippen LogP contribution < -0.4 is 16.0 Å². The first-order chi connectivity index (χ1) is 19.3. The summed E-state index contributed by atoms with van der Waals surface area (Å²) in [5, 5.41) is 31.2. The molecule has 1 aromatic rings. The predicted octanol–water partition coefficient (Wildman–Crippen LogP) is 4.15. The fraction of sp³-hybridized carbons (Fsp3) is 0.815. The van der Waals surface area contributed by atoms with Crippen LogP contribution in [0.15, 0.2) is 21.5 Å². The van der Waals surface area contributed by atoms with E-state index in [0.29, 0.717) is 12.4 Å². The predicted molar refractivity (Wildman–Crippen MR) is 163 cm³/mol. The molecule has 1 rings (SSSR count). The van der Waals surface area contributed by atoms with Gasteiger partial charge >= 0.3 is 0 Å². The molecule has 0 aromatic carbocycles. The smallest absolute Gasteiger partial charge is 0.259 e. The highest BCUT2D eigenvalue weighted by atomic mass is 32.2. The van der Waals surface area contributed by atoms with Crippen LogP contribution in [0.4, 0.5) is 0 Å². The largest absolute Gasteiger partial charge is 0.464 e. The zero-order valence-electron chi connectivity index (χ0n) is 24.7. The molecule has 0 aliphatic heterocycles. The fourth-order valence-corrected chi connectivity index (χ4v) is 4.99. The molecule has 3 N–H and O–H groups in total. The van der Waals surface area contributed by atoms with Crippen molar-refractivity contribution in [3.63, 3.8) is 0 Å². The van der Waals surface area contributed by atoms with Crippen molar-refractivity contribution in [3.05, 3.63) is 43.9 Å². The summed E-state index contributed by atoms with van der Waals surface area (Å²) >= 11 is 1.76. The van der Waals surface area contributed by atoms with Crippen molar-refractivity contribution in [1.82, 2.24) is 20.9 Å². The van der Waals surface area contributed by atoms with Gasteiger partial charge in [-0.2, -0.15) is 11.8 Å². The maximum absolute atomic E-state index is 11.0. The summed E-state index contributed by atoms with van der Waals surface area (Å²) in [6.07, 6.45) is 11.2. The van der Waals surface area contributed by atoms with Crippen LogP contribution in [0.5, 0.6) is 0 Å². The molecule has 12 nitrogen and oxygen atoms in total. The van der Waals surface area contributed by atoms with E-state index < -0.39 is 0 Å². The molecule has 0 fully saturated rings. The zero-order valence-corrected chi connectivity index (χ0v) is 25.5. The van der Waals surface area contributed by atoms with E-state index >= 15 is 0 Å². The average molecular weight is 586 g/mol. The van der Waals surface area contributed by atoms with Gasteiger partial charge in [-0.25, -0.2) is 0 Å². The Morgan fingerprint density at radius 1 is 0.900 bits per heavy atom. The summed E-state index contributed by atoms with van der Waals surface area (Å²) in [7, 11) is 5.59. The van der Waals surface area contributed by atoms with Crippen molar-refractivity contribution < 1.29 is 14.3 Å². The Morgan fingerprint density at radius 2 is 1.48 bits per heavy atom. The number of unbranched alkanes of at least 4 members (excludes halogenated alkanes) is 9. The lowest BCUT2D eigenvalue weighted by molar-refractivity contribution is -0.484. The molecule has 0 amide bonds. The van der Waals surface area contributed by atoms with Crippen molar-refractivity contribution >= 4 is 17.6 Å². The van der Waals surface area contributed by atoms with E-state index in [0.717, 1.165) is 68.3 Å². The van der Waals surface area contributed by atoms with Gasteiger partial charge in [-0.1, -0.05) is 51.4 Å². The molecule has 1 atom stereocenters. The lowest BCUT2D eigenvalue weighted by Gasteiger charge is -2.16. The molecule has 0 saturated heterocycles. The molecule has 1 heterocycles. The SMILES string of the molecule is CN=C(C[N+](=O)[O-])NCCCCCCCCCCCCNC(C[N+](=O)[O-])NCCSCc1ccc(CN(C)C)o1. The summed E-state index contributed by atoms with van der Waals surface area (Å²) in [5.41, 5.74) is 0. The van der Waals surface area contributed by atoms with Crippen LogP contribution in [0.1, 0.15) is 75.7 Å². The number of nitro groups is 2. The number of rotatable bonds is 26. The van der Waals surface area contributed by atoms with Crippen LogP contribution in [0.2, 0.25) is 0 Å². The van der Waals surface area contributed by atoms with Crippen molar-refractivity contribution in [1.29, 1.82) is 0 Å². The highest BCUT2D eigenvalue weighted by Gasteiger charge is 2.13. The molecule has 1 unspecified atom stereocenters. The molecular weight excluding hydrogens is 534 g/mol. The number of furan rings is 1. The van der Waals surface area contributed by atoms with E-state index in [1.54, 1.807) is 18.8 Å². The Hall–Kier alpha value is -2.22. The summed E-state index contributed by atoms with van der Waals surface area (Å²) in [5.74, 6) is 4.01. The fourth-order valence-electron chi connectivity index (χ4n) is 4.23. The third-order valence-electron chi connectivity index (χ3n) is 6.27. The van der Waals surface area contributed by atoms with E-state index in [2.05, 4.69) is 25.8 Å². The highest BCUT2D eigenvalue weighted by Crippen LogP contribution is 2.16. The number of amidine groups is 1. The second kappa shape index (κ2) is 23.5. The first kappa shape index (κ1) is 35.8. The van der Waals surface area contributed by atoms with E-state index in [4.69, 9.17) is 4.42 Å². The van der Waals surface area contributed by atoms with Crippen LogP contribution in [0, 0.1) is 20.2 Å². The van der Waals surface area contributed by atoms with Crippen LogP contribution in [0.25, 0.3) is 0 Å². The Labute approximate surface area is 243 Å². The van der Waals surface area contributed by atoms with Gasteiger partial charge < -0.3 is 14.6 Å². The quantitative estimate of drug-likeness (QED) is 0.0361. The Balaban J connectivity index is 1.99. The number of aliphatic imine (C=N–C) groups is 1. The maximum atomic E-state index is 11.0. The van der Waals surface area contributed by atoms with E-state index in [-0.39, 0.29) is 29.1 Å². The number of hydrogen-bond acceptors (Lipinski definition) is 10. The van der Waals surface area contributed by atoms with Gasteiger partial charge in [0.05, 0.1) is 12.3 Å². The van der Waals surface area contributed by atoms with Crippen LogP contribution >= 0.6 is 11.8 Å². The number of nitrogens with one attached hydrogen (secondary N) is 3. The van der Waals surface area contributed by atoms with Crippen LogP contribution in [-0.2, 0) is 12.3 Å². The van der Waals surface area contributed by atoms with Gasteiger partial charge in [0.1, 0.15) is 17.7 Å². The maximum Gasteiger partial charge on any atom is 0.259 e. The van der Waals surface area contributed by atoms with Crippen molar-refractivity contribution in [2.75, 3.05) is 59.6 Å². The lowest BCUT2D eigenvalue weighted by Crippen LogP contribution is -2.48. The van der Waals surface area contributed by atoms with Crippen LogP contribution in [0.3, 0.4) is 0 Å². The number of thioether (sulfide) groups is 1. The third-order valence-corrected chi connectivity index (χ3v) is 7.26. The van der Waals surface area contributed by atoms with E-state index in [1.807, 2.05) is 26.2 Å². The summed E-state index contributed by atoms with van der Waals surface area (Å²) in [4.78, 5) is 26.9. The Kier molecular flexibility index (Phi) is 21.0. The van der Waals surface area contributed by atoms with Gasteiger partial charge in [-0.05, 0) is 45.6 Å². The van der Waals surface area contributed by atoms with Gasteiger partial charge in [0.2, 0.25) is 6.54 Å². The molecule has 0 aliphatic carbocycles. The molecule has 40 heavy (non-hydrogen) atoms. The monoisotopic (exact) mass is 585 g/mol. The molecule has 0 aliphatic rings. The lowest BCUT2D eigenvalue weighted by atomic mass is 10.1. The zero-order chi connectivity index (χ0) is 29.4. The first-order valence-electron chi connectivity index (χ1n) is 14.5. The number of hydrogen-bond donors (Lipinski definition) is 3. The van der Waals surface area contributed by atoms with E-state index in [9.17, 15) is 20.2 Å². The van der Waals surface area contributed by atoms with Gasteiger partial charge in [-0.3, -0.25) is 35.9 Å². The van der Waals surface area contributed by atoms with Gasteiger partial charge in [0.25, 0.3) is 6.54 Å². The van der Waals surface area contributed by atoms with E-state index in [1.165, 1.54) is 38.5 Å². The molecule has 0 bridgehead atoms. The molecular formula is C27H51N7O5S. The molecule has 0 saturated carbocycles. The van der Waals surface area contributed by atoms with Crippen molar-refractivity contribution in [2.24, 2.45) is 4.99 Å². The Morgan fingerprint density at radius 3 is 2.05 bits per heavy atom. The summed E-state index contributed by atoms with van der Waals surface area (Å²) < 4.78 is 5.82. The second-order valence-corrected chi connectivity index (χ2v) is 11.4. The third kappa shape index (κ3) is 20.7. The molecule has 0 radical (unpaired) electrons. The van der Waals surface area contributed by atoms with Gasteiger partial charge in [0.15, 0.2) is 5.84 Å². The minimum atomic E-state index is -0.371. The summed E-state index contributed by atoms with van der Waals surface area (Å²) in [6.45, 7) is 2.63. The number of nitrogens with zero attached hydrogens (tertiary/aromatic N) is 4. The van der Waals surface area contributed by atoms with Crippen molar-refractivity contribution in [2.45, 2.75) is 82.7 Å². The molecule has 13 heteroatoms. The second-order valence-electron chi connectivity index (χ2n) is 10.3. The highest BCUT2D eigenvalue weighted by molar-refractivity contribution is 7.98. The average Bonchev–Trinajstić information content (AvgIpc) is 3.33. The molecule has 1 aromatic heterocycles. The minimum absolute atomic E-state index is 0.126. The molecule has 230 valence electrons.